The van der Waals surface area contributed by atoms with Gasteiger partial charge in [-0.25, -0.2) is 29.9 Å². The molecule has 4 aromatic rings. The Morgan fingerprint density at radius 2 is 1.37 bits per heavy atom. The predicted molar refractivity (Wildman–Crippen MR) is 167 cm³/mol. The highest BCUT2D eigenvalue weighted by Crippen LogP contribution is 2.25. The van der Waals surface area contributed by atoms with Crippen molar-refractivity contribution in [1.29, 1.82) is 0 Å². The third-order valence-corrected chi connectivity index (χ3v) is 8.35. The largest absolute Gasteiger partial charge is 0.383 e. The van der Waals surface area contributed by atoms with Crippen molar-refractivity contribution in [2.24, 2.45) is 0 Å². The Hall–Kier alpha value is -3.98. The van der Waals surface area contributed by atoms with E-state index in [9.17, 15) is 0 Å². The smallest absolute Gasteiger partial charge is 0.153 e. The van der Waals surface area contributed by atoms with Gasteiger partial charge in [-0.05, 0) is 30.7 Å². The van der Waals surface area contributed by atoms with Crippen LogP contribution < -0.4 is 21.3 Å². The van der Waals surface area contributed by atoms with E-state index in [2.05, 4.69) is 49.5 Å². The number of anilines is 4. The first-order valence-electron chi connectivity index (χ1n) is 14.9. The minimum Gasteiger partial charge on any atom is -0.383 e. The molecule has 7 heterocycles. The van der Waals surface area contributed by atoms with Crippen molar-refractivity contribution in [3.05, 3.63) is 36.9 Å². The summed E-state index contributed by atoms with van der Waals surface area (Å²) in [6.07, 6.45) is 4.11. The molecule has 3 fully saturated rings. The zero-order valence-electron chi connectivity index (χ0n) is 24.7. The van der Waals surface area contributed by atoms with Crippen LogP contribution in [-0.2, 0) is 9.47 Å². The fraction of sp³-hybridized carbons (Fsp3) is 0.517. The third kappa shape index (κ3) is 6.82. The number of piperazine rings is 1. The maximum absolute atomic E-state index is 5.91. The first-order valence-corrected chi connectivity index (χ1v) is 14.9. The number of nitrogen functional groups attached to an aromatic ring is 2. The number of nitrogens with zero attached hydrogens (tertiary/aromatic N) is 10. The van der Waals surface area contributed by atoms with Crippen LogP contribution in [0.1, 0.15) is 6.42 Å². The average molecular weight is 589 g/mol. The quantitative estimate of drug-likeness (QED) is 0.327. The van der Waals surface area contributed by atoms with Crippen molar-refractivity contribution in [3.8, 4) is 0 Å². The van der Waals surface area contributed by atoms with E-state index in [0.29, 0.717) is 28.7 Å². The molecule has 3 saturated heterocycles. The van der Waals surface area contributed by atoms with E-state index in [1.165, 1.54) is 19.1 Å². The number of fused-ring (bicyclic) bond motifs is 2. The number of nitrogens with two attached hydrogens (primary N) is 2. The lowest BCUT2D eigenvalue weighted by molar-refractivity contribution is 0.0209. The van der Waals surface area contributed by atoms with Crippen LogP contribution in [0.2, 0.25) is 0 Å². The molecule has 0 aromatic carbocycles. The topological polar surface area (TPSA) is 161 Å². The summed E-state index contributed by atoms with van der Waals surface area (Å²) in [4.78, 5) is 35.2. The van der Waals surface area contributed by atoms with E-state index in [-0.39, 0.29) is 0 Å². The zero-order chi connectivity index (χ0) is 29.6. The van der Waals surface area contributed by atoms with E-state index < -0.39 is 0 Å². The molecular weight excluding hydrogens is 548 g/mol. The van der Waals surface area contributed by atoms with Crippen LogP contribution in [0, 0.1) is 0 Å². The second kappa shape index (κ2) is 13.5. The lowest BCUT2D eigenvalue weighted by atomic mass is 10.2. The Bertz CT molecular complexity index is 1510. The van der Waals surface area contributed by atoms with Crippen LogP contribution in [0.3, 0.4) is 0 Å². The molecule has 4 N–H and O–H groups in total. The first-order chi connectivity index (χ1) is 21.1. The van der Waals surface area contributed by atoms with Gasteiger partial charge in [0.25, 0.3) is 0 Å². The molecule has 228 valence electrons. The highest BCUT2D eigenvalue weighted by atomic mass is 16.5. The first kappa shape index (κ1) is 29.1. The maximum atomic E-state index is 5.91. The van der Waals surface area contributed by atoms with Gasteiger partial charge < -0.3 is 30.7 Å². The van der Waals surface area contributed by atoms with Crippen molar-refractivity contribution in [1.82, 2.24) is 39.7 Å². The van der Waals surface area contributed by atoms with Crippen molar-refractivity contribution >= 4 is 45.3 Å². The minimum absolute atomic E-state index is 0.431. The average Bonchev–Trinajstić information content (AvgIpc) is 3.56. The van der Waals surface area contributed by atoms with Crippen molar-refractivity contribution in [3.63, 3.8) is 0 Å². The second-order valence-corrected chi connectivity index (χ2v) is 11.0. The number of aromatic nitrogens is 6. The Balaban J connectivity index is 0.000000153. The molecule has 0 radical (unpaired) electrons. The number of ether oxygens (including phenoxy) is 2. The van der Waals surface area contributed by atoms with Gasteiger partial charge in [-0.1, -0.05) is 0 Å². The summed E-state index contributed by atoms with van der Waals surface area (Å²) in [6, 6.07) is 8.53. The number of rotatable bonds is 6. The van der Waals surface area contributed by atoms with Crippen LogP contribution in [0.15, 0.2) is 36.9 Å². The van der Waals surface area contributed by atoms with Gasteiger partial charge in [0.2, 0.25) is 0 Å². The molecule has 43 heavy (non-hydrogen) atoms. The summed E-state index contributed by atoms with van der Waals surface area (Å²) in [5.41, 5.74) is 14.7. The second-order valence-electron chi connectivity index (χ2n) is 11.0. The molecule has 0 amide bonds. The van der Waals surface area contributed by atoms with Gasteiger partial charge in [0.05, 0.1) is 30.9 Å². The predicted octanol–water partition coefficient (Wildman–Crippen LogP) is 0.893. The number of morpholine rings is 1. The molecule has 14 nitrogen and oxygen atoms in total. The number of methoxy groups -OCH3 is 1. The highest BCUT2D eigenvalue weighted by Gasteiger charge is 2.29. The molecule has 3 aliphatic heterocycles. The van der Waals surface area contributed by atoms with E-state index >= 15 is 0 Å². The van der Waals surface area contributed by atoms with Gasteiger partial charge in [-0.3, -0.25) is 9.80 Å². The number of hydrogen-bond donors (Lipinski definition) is 2. The number of hydrogen-bond acceptors (Lipinski definition) is 14. The standard InChI is InChI=1S/C15H20N6O.C14H20N6O/c16-15-14-12(17-10-18-15)1-2-13(19-14)21-4-3-11(9-21)20-5-7-22-8-6-20;1-21-9-8-19-4-6-20(7-5-19)12-3-2-11-13(18-12)14(15)17-10-16-11/h1-2,10-11H,3-9H2,(H2,16,17,18);2-3,10H,4-9H2,1H3,(H2,15,16,17). The summed E-state index contributed by atoms with van der Waals surface area (Å²) in [6.45, 7) is 11.5. The molecule has 3 aliphatic rings. The summed E-state index contributed by atoms with van der Waals surface area (Å²) in [7, 11) is 1.74. The summed E-state index contributed by atoms with van der Waals surface area (Å²) in [5, 5.41) is 0. The normalized spacial score (nSPS) is 20.0. The maximum Gasteiger partial charge on any atom is 0.153 e. The van der Waals surface area contributed by atoms with Crippen LogP contribution in [0.25, 0.3) is 22.1 Å². The molecule has 7 rings (SSSR count). The summed E-state index contributed by atoms with van der Waals surface area (Å²) >= 11 is 0. The van der Waals surface area contributed by atoms with Crippen LogP contribution >= 0.6 is 0 Å². The monoisotopic (exact) mass is 588 g/mol. The SMILES string of the molecule is COCCN1CCN(c2ccc3ncnc(N)c3n2)CC1.Nc1ncnc2ccc(N3CCC(N4CCOCC4)C3)nc12. The number of pyridine rings is 2. The summed E-state index contributed by atoms with van der Waals surface area (Å²) in [5.74, 6) is 2.77. The Kier molecular flexibility index (Phi) is 9.17. The highest BCUT2D eigenvalue weighted by molar-refractivity contribution is 5.85. The van der Waals surface area contributed by atoms with Crippen molar-refractivity contribution < 1.29 is 9.47 Å². The molecule has 0 saturated carbocycles. The lowest BCUT2D eigenvalue weighted by Gasteiger charge is -2.35. The molecule has 0 bridgehead atoms. The molecular formula is C29H40N12O2. The molecule has 14 heteroatoms. The molecule has 4 aromatic heterocycles. The van der Waals surface area contributed by atoms with Crippen LogP contribution in [-0.4, -0.2) is 132 Å². The van der Waals surface area contributed by atoms with Crippen LogP contribution in [0.5, 0.6) is 0 Å². The Labute approximate surface area is 251 Å². The van der Waals surface area contributed by atoms with Gasteiger partial charge >= 0.3 is 0 Å². The van der Waals surface area contributed by atoms with Gasteiger partial charge in [0, 0.05) is 72.1 Å². The fourth-order valence-corrected chi connectivity index (χ4v) is 5.86. The van der Waals surface area contributed by atoms with Gasteiger partial charge in [0.1, 0.15) is 35.3 Å². The van der Waals surface area contributed by atoms with E-state index in [1.54, 1.807) is 7.11 Å². The van der Waals surface area contributed by atoms with Gasteiger partial charge in [-0.2, -0.15) is 0 Å². The Morgan fingerprint density at radius 1 is 0.767 bits per heavy atom. The minimum atomic E-state index is 0.431. The fourth-order valence-electron chi connectivity index (χ4n) is 5.86. The zero-order valence-corrected chi connectivity index (χ0v) is 24.7. The van der Waals surface area contributed by atoms with Crippen molar-refractivity contribution in [2.45, 2.75) is 12.5 Å². The van der Waals surface area contributed by atoms with E-state index in [1.807, 2.05) is 24.3 Å². The third-order valence-electron chi connectivity index (χ3n) is 8.35. The summed E-state index contributed by atoms with van der Waals surface area (Å²) < 4.78 is 10.6. The molecule has 0 aliphatic carbocycles. The van der Waals surface area contributed by atoms with Gasteiger partial charge in [-0.15, -0.1) is 0 Å². The van der Waals surface area contributed by atoms with Crippen LogP contribution in [0.4, 0.5) is 23.3 Å². The lowest BCUT2D eigenvalue weighted by Crippen LogP contribution is -2.47. The molecule has 1 unspecified atom stereocenters. The molecule has 0 spiro atoms. The van der Waals surface area contributed by atoms with Gasteiger partial charge in [0.15, 0.2) is 11.6 Å². The molecule has 1 atom stereocenters. The van der Waals surface area contributed by atoms with Crippen molar-refractivity contribution in [2.75, 3.05) is 107 Å². The Morgan fingerprint density at radius 3 is 1.98 bits per heavy atom. The van der Waals surface area contributed by atoms with E-state index in [0.717, 1.165) is 101 Å². The van der Waals surface area contributed by atoms with E-state index in [4.69, 9.17) is 20.9 Å².